The van der Waals surface area contributed by atoms with E-state index in [4.69, 9.17) is 0 Å². The summed E-state index contributed by atoms with van der Waals surface area (Å²) in [6.07, 6.45) is 3.66. The van der Waals surface area contributed by atoms with Crippen LogP contribution in [-0.2, 0) is 22.6 Å². The number of nitrogens with zero attached hydrogens (tertiary/aromatic N) is 2. The molecule has 0 radical (unpaired) electrons. The maximum atomic E-state index is 13.7. The van der Waals surface area contributed by atoms with Crippen molar-refractivity contribution >= 4 is 11.8 Å². The summed E-state index contributed by atoms with van der Waals surface area (Å²) >= 11 is 0. The molecule has 1 fully saturated rings. The zero-order chi connectivity index (χ0) is 22.6. The lowest BCUT2D eigenvalue weighted by atomic mass is 9.84. The highest BCUT2D eigenvalue weighted by Gasteiger charge is 2.48. The van der Waals surface area contributed by atoms with Crippen LogP contribution in [0.4, 0.5) is 0 Å². The standard InChI is InChI=1S/C27H29N3O2/c1-20-10-8-16-28-25(20)19-29-26(32)27(15-9-17-30(27)21(2)31)18-23-13-6-7-14-24(23)22-11-4-3-5-12-22/h3-8,10-14,16H,9,15,17-19H2,1-2H3,(H,29,32). The number of aryl methyl sites for hydroxylation is 1. The van der Waals surface area contributed by atoms with E-state index in [1.54, 1.807) is 18.0 Å². The fourth-order valence-corrected chi connectivity index (χ4v) is 4.76. The van der Waals surface area contributed by atoms with Crippen molar-refractivity contribution in [3.05, 3.63) is 89.7 Å². The molecule has 2 heterocycles. The minimum atomic E-state index is -0.903. The lowest BCUT2D eigenvalue weighted by molar-refractivity contribution is -0.143. The SMILES string of the molecule is CC(=O)N1CCCC1(Cc1ccccc1-c1ccccc1)C(=O)NCc1ncccc1C. The van der Waals surface area contributed by atoms with Crippen LogP contribution in [0.2, 0.25) is 0 Å². The number of aromatic nitrogens is 1. The number of nitrogens with one attached hydrogen (secondary N) is 1. The Hall–Kier alpha value is -3.47. The van der Waals surface area contributed by atoms with Gasteiger partial charge in [-0.05, 0) is 48.1 Å². The van der Waals surface area contributed by atoms with E-state index >= 15 is 0 Å². The summed E-state index contributed by atoms with van der Waals surface area (Å²) in [5.41, 5.74) is 4.24. The number of carbonyl (C=O) groups excluding carboxylic acids is 2. The van der Waals surface area contributed by atoms with Crippen LogP contribution >= 0.6 is 0 Å². The first kappa shape index (κ1) is 21.8. The van der Waals surface area contributed by atoms with Gasteiger partial charge in [-0.3, -0.25) is 14.6 Å². The molecule has 1 aliphatic rings. The van der Waals surface area contributed by atoms with Gasteiger partial charge in [0.25, 0.3) is 0 Å². The van der Waals surface area contributed by atoms with Gasteiger partial charge >= 0.3 is 0 Å². The fourth-order valence-electron chi connectivity index (χ4n) is 4.76. The quantitative estimate of drug-likeness (QED) is 0.638. The summed E-state index contributed by atoms with van der Waals surface area (Å²) in [5.74, 6) is -0.179. The molecule has 0 bridgehead atoms. The Morgan fingerprint density at radius 2 is 1.78 bits per heavy atom. The van der Waals surface area contributed by atoms with Crippen molar-refractivity contribution < 1.29 is 9.59 Å². The highest BCUT2D eigenvalue weighted by molar-refractivity contribution is 5.92. The number of rotatable bonds is 6. The summed E-state index contributed by atoms with van der Waals surface area (Å²) in [7, 11) is 0. The second-order valence-electron chi connectivity index (χ2n) is 8.46. The number of benzene rings is 2. The van der Waals surface area contributed by atoms with Gasteiger partial charge in [0, 0.05) is 26.1 Å². The summed E-state index contributed by atoms with van der Waals surface area (Å²) < 4.78 is 0. The molecule has 1 atom stereocenters. The normalized spacial score (nSPS) is 17.9. The first-order valence-electron chi connectivity index (χ1n) is 11.1. The maximum Gasteiger partial charge on any atom is 0.246 e. The molecular weight excluding hydrogens is 398 g/mol. The molecule has 4 rings (SSSR count). The van der Waals surface area contributed by atoms with E-state index in [2.05, 4.69) is 34.6 Å². The second kappa shape index (κ2) is 9.35. The van der Waals surface area contributed by atoms with Crippen LogP contribution in [0.25, 0.3) is 11.1 Å². The summed E-state index contributed by atoms with van der Waals surface area (Å²) in [6.45, 7) is 4.48. The zero-order valence-corrected chi connectivity index (χ0v) is 18.7. The average Bonchev–Trinajstić information content (AvgIpc) is 3.24. The molecule has 1 aliphatic heterocycles. The molecule has 1 saturated heterocycles. The van der Waals surface area contributed by atoms with Gasteiger partial charge in [-0.1, -0.05) is 60.7 Å². The molecule has 5 nitrogen and oxygen atoms in total. The Morgan fingerprint density at radius 3 is 2.53 bits per heavy atom. The van der Waals surface area contributed by atoms with Gasteiger partial charge in [-0.15, -0.1) is 0 Å². The average molecular weight is 428 g/mol. The van der Waals surface area contributed by atoms with Crippen molar-refractivity contribution in [1.82, 2.24) is 15.2 Å². The number of pyridine rings is 1. The molecule has 2 aromatic carbocycles. The van der Waals surface area contributed by atoms with Gasteiger partial charge in [0.1, 0.15) is 5.54 Å². The number of likely N-dealkylation sites (tertiary alicyclic amines) is 1. The monoisotopic (exact) mass is 427 g/mol. The van der Waals surface area contributed by atoms with E-state index in [0.717, 1.165) is 34.4 Å². The van der Waals surface area contributed by atoms with E-state index in [9.17, 15) is 9.59 Å². The van der Waals surface area contributed by atoms with Crippen LogP contribution in [-0.4, -0.2) is 33.8 Å². The van der Waals surface area contributed by atoms with E-state index in [-0.39, 0.29) is 11.8 Å². The summed E-state index contributed by atoms with van der Waals surface area (Å²) in [6, 6.07) is 22.2. The number of amides is 2. The highest BCUT2D eigenvalue weighted by atomic mass is 16.2. The summed E-state index contributed by atoms with van der Waals surface area (Å²) in [5, 5.41) is 3.09. The van der Waals surface area contributed by atoms with Gasteiger partial charge in [0.05, 0.1) is 12.2 Å². The Morgan fingerprint density at radius 1 is 1.03 bits per heavy atom. The molecule has 1 aromatic heterocycles. The fraction of sp³-hybridized carbons (Fsp3) is 0.296. The molecule has 0 aliphatic carbocycles. The lowest BCUT2D eigenvalue weighted by Crippen LogP contribution is -2.58. The Balaban J connectivity index is 1.67. The van der Waals surface area contributed by atoms with Crippen molar-refractivity contribution in [3.8, 4) is 11.1 Å². The number of carbonyl (C=O) groups is 2. The molecule has 1 unspecified atom stereocenters. The van der Waals surface area contributed by atoms with Crippen LogP contribution in [0.3, 0.4) is 0 Å². The van der Waals surface area contributed by atoms with Crippen molar-refractivity contribution in [2.75, 3.05) is 6.54 Å². The molecule has 0 saturated carbocycles. The molecule has 0 spiro atoms. The van der Waals surface area contributed by atoms with Crippen LogP contribution in [0, 0.1) is 6.92 Å². The van der Waals surface area contributed by atoms with Gasteiger partial charge in [-0.25, -0.2) is 0 Å². The molecule has 164 valence electrons. The first-order chi connectivity index (χ1) is 15.5. The maximum absolute atomic E-state index is 13.7. The second-order valence-corrected chi connectivity index (χ2v) is 8.46. The molecular formula is C27H29N3O2. The predicted octanol–water partition coefficient (Wildman–Crippen LogP) is 4.30. The van der Waals surface area contributed by atoms with E-state index in [0.29, 0.717) is 25.9 Å². The molecule has 1 N–H and O–H groups in total. The Labute approximate surface area is 189 Å². The molecule has 5 heteroatoms. The smallest absolute Gasteiger partial charge is 0.246 e. The van der Waals surface area contributed by atoms with Crippen molar-refractivity contribution in [2.45, 2.75) is 45.2 Å². The third-order valence-corrected chi connectivity index (χ3v) is 6.41. The Bertz CT molecular complexity index is 1110. The predicted molar refractivity (Wildman–Crippen MR) is 126 cm³/mol. The van der Waals surface area contributed by atoms with Crippen LogP contribution in [0.1, 0.15) is 36.6 Å². The lowest BCUT2D eigenvalue weighted by Gasteiger charge is -2.37. The third kappa shape index (κ3) is 4.28. The minimum absolute atomic E-state index is 0.0659. The molecule has 32 heavy (non-hydrogen) atoms. The van der Waals surface area contributed by atoms with Crippen LogP contribution in [0.15, 0.2) is 72.9 Å². The largest absolute Gasteiger partial charge is 0.348 e. The topological polar surface area (TPSA) is 62.3 Å². The number of hydrogen-bond donors (Lipinski definition) is 1. The van der Waals surface area contributed by atoms with E-state index in [1.807, 2.05) is 49.4 Å². The number of hydrogen-bond acceptors (Lipinski definition) is 3. The van der Waals surface area contributed by atoms with Gasteiger partial charge in [0.15, 0.2) is 0 Å². The molecule has 2 amide bonds. The van der Waals surface area contributed by atoms with Gasteiger partial charge in [0.2, 0.25) is 11.8 Å². The minimum Gasteiger partial charge on any atom is -0.348 e. The van der Waals surface area contributed by atoms with Crippen molar-refractivity contribution in [2.24, 2.45) is 0 Å². The molecule has 3 aromatic rings. The van der Waals surface area contributed by atoms with Crippen molar-refractivity contribution in [1.29, 1.82) is 0 Å². The van der Waals surface area contributed by atoms with Crippen molar-refractivity contribution in [3.63, 3.8) is 0 Å². The third-order valence-electron chi connectivity index (χ3n) is 6.41. The first-order valence-corrected chi connectivity index (χ1v) is 11.1. The van der Waals surface area contributed by atoms with Crippen LogP contribution in [0.5, 0.6) is 0 Å². The highest BCUT2D eigenvalue weighted by Crippen LogP contribution is 2.36. The zero-order valence-electron chi connectivity index (χ0n) is 18.7. The van der Waals surface area contributed by atoms with E-state index < -0.39 is 5.54 Å². The van der Waals surface area contributed by atoms with Crippen LogP contribution < -0.4 is 5.32 Å². The summed E-state index contributed by atoms with van der Waals surface area (Å²) in [4.78, 5) is 32.4. The van der Waals surface area contributed by atoms with Gasteiger partial charge < -0.3 is 10.2 Å². The van der Waals surface area contributed by atoms with E-state index in [1.165, 1.54) is 0 Å². The Kier molecular flexibility index (Phi) is 6.35. The van der Waals surface area contributed by atoms with Gasteiger partial charge in [-0.2, -0.15) is 0 Å².